The van der Waals surface area contributed by atoms with Crippen molar-refractivity contribution < 1.29 is 9.90 Å². The minimum atomic E-state index is -0.889. The zero-order valence-corrected chi connectivity index (χ0v) is 7.88. The van der Waals surface area contributed by atoms with Gasteiger partial charge in [-0.2, -0.15) is 0 Å². The number of hydrogen-bond donors (Lipinski definition) is 2. The molecule has 0 aliphatic rings. The summed E-state index contributed by atoms with van der Waals surface area (Å²) >= 11 is 5.72. The summed E-state index contributed by atoms with van der Waals surface area (Å²) in [4.78, 5) is 10.5. The molecule has 3 nitrogen and oxygen atoms in total. The lowest BCUT2D eigenvalue weighted by molar-refractivity contribution is -0.137. The monoisotopic (exact) mass is 215 g/mol. The normalized spacial score (nSPS) is 11.3. The van der Waals surface area contributed by atoms with Crippen LogP contribution in [0.3, 0.4) is 0 Å². The molecule has 1 aromatic rings. The van der Waals surface area contributed by atoms with Gasteiger partial charge in [-0.1, -0.05) is 25.1 Å². The third kappa shape index (κ3) is 3.66. The molecule has 0 bridgehead atoms. The highest BCUT2D eigenvalue weighted by Gasteiger charge is 2.09. The second kappa shape index (κ2) is 5.50. The van der Waals surface area contributed by atoms with Crippen molar-refractivity contribution in [3.63, 3.8) is 0 Å². The van der Waals surface area contributed by atoms with E-state index >= 15 is 0 Å². The molecule has 0 heterocycles. The predicted octanol–water partition coefficient (Wildman–Crippen LogP) is 2.86. The molecular formula is C10H14ClNO2. The number of rotatable bonds is 3. The predicted molar refractivity (Wildman–Crippen MR) is 58.9 cm³/mol. The lowest BCUT2D eigenvalue weighted by atomic mass is 10.2. The highest BCUT2D eigenvalue weighted by Crippen LogP contribution is 2.15. The van der Waals surface area contributed by atoms with Crippen LogP contribution in [0.25, 0.3) is 0 Å². The standard InChI is InChI=1S/C9H10ClNO2.CH4/c1-6(9(12)13)11-8-4-2-3-7(10)5-8;/h2-6,11H,1H3,(H,12,13);1H4. The van der Waals surface area contributed by atoms with Crippen molar-refractivity contribution in [2.45, 2.75) is 20.4 Å². The van der Waals surface area contributed by atoms with Crippen LogP contribution in [-0.2, 0) is 4.79 Å². The molecule has 1 unspecified atom stereocenters. The van der Waals surface area contributed by atoms with E-state index in [0.29, 0.717) is 10.7 Å². The Bertz CT molecular complexity index is 315. The van der Waals surface area contributed by atoms with Gasteiger partial charge in [0, 0.05) is 10.7 Å². The minimum absolute atomic E-state index is 0. The van der Waals surface area contributed by atoms with Crippen LogP contribution in [0, 0.1) is 0 Å². The van der Waals surface area contributed by atoms with Crippen LogP contribution in [0.5, 0.6) is 0 Å². The minimum Gasteiger partial charge on any atom is -0.480 e. The zero-order chi connectivity index (χ0) is 9.84. The smallest absolute Gasteiger partial charge is 0.325 e. The van der Waals surface area contributed by atoms with Gasteiger partial charge in [-0.25, -0.2) is 0 Å². The van der Waals surface area contributed by atoms with Gasteiger partial charge in [-0.05, 0) is 25.1 Å². The third-order valence-electron chi connectivity index (χ3n) is 1.58. The highest BCUT2D eigenvalue weighted by atomic mass is 35.5. The van der Waals surface area contributed by atoms with Crippen molar-refractivity contribution in [1.29, 1.82) is 0 Å². The lowest BCUT2D eigenvalue weighted by Crippen LogP contribution is -2.25. The number of aliphatic carboxylic acids is 1. The number of carboxylic acids is 1. The molecule has 1 rings (SSSR count). The van der Waals surface area contributed by atoms with Crippen LogP contribution in [0.4, 0.5) is 5.69 Å². The molecule has 0 radical (unpaired) electrons. The molecule has 0 spiro atoms. The number of benzene rings is 1. The number of anilines is 1. The van der Waals surface area contributed by atoms with E-state index in [9.17, 15) is 4.79 Å². The Balaban J connectivity index is 0.00000169. The second-order valence-corrected chi connectivity index (χ2v) is 3.15. The first-order valence-electron chi connectivity index (χ1n) is 3.84. The number of hydrogen-bond acceptors (Lipinski definition) is 2. The van der Waals surface area contributed by atoms with Crippen LogP contribution < -0.4 is 5.32 Å². The van der Waals surface area contributed by atoms with E-state index < -0.39 is 12.0 Å². The summed E-state index contributed by atoms with van der Waals surface area (Å²) in [5.74, 6) is -0.889. The van der Waals surface area contributed by atoms with Gasteiger partial charge in [-0.3, -0.25) is 4.79 Å². The molecule has 14 heavy (non-hydrogen) atoms. The van der Waals surface area contributed by atoms with E-state index in [1.165, 1.54) is 0 Å². The van der Waals surface area contributed by atoms with Gasteiger partial charge in [0.1, 0.15) is 6.04 Å². The van der Waals surface area contributed by atoms with Gasteiger partial charge in [0.05, 0.1) is 0 Å². The number of halogens is 1. The fourth-order valence-corrected chi connectivity index (χ4v) is 1.08. The van der Waals surface area contributed by atoms with Crippen LogP contribution in [-0.4, -0.2) is 17.1 Å². The summed E-state index contributed by atoms with van der Waals surface area (Å²) < 4.78 is 0. The Morgan fingerprint density at radius 3 is 2.71 bits per heavy atom. The van der Waals surface area contributed by atoms with Gasteiger partial charge >= 0.3 is 5.97 Å². The Morgan fingerprint density at radius 1 is 1.57 bits per heavy atom. The Kier molecular flexibility index (Phi) is 5.02. The largest absolute Gasteiger partial charge is 0.480 e. The molecule has 0 aromatic heterocycles. The van der Waals surface area contributed by atoms with E-state index in [0.717, 1.165) is 0 Å². The SMILES string of the molecule is C.CC(Nc1cccc(Cl)c1)C(=O)O. The maximum atomic E-state index is 10.5. The van der Waals surface area contributed by atoms with Crippen molar-refractivity contribution in [3.05, 3.63) is 29.3 Å². The van der Waals surface area contributed by atoms with Crippen LogP contribution in [0.15, 0.2) is 24.3 Å². The molecule has 2 N–H and O–H groups in total. The molecule has 0 aliphatic carbocycles. The Morgan fingerprint density at radius 2 is 2.21 bits per heavy atom. The zero-order valence-electron chi connectivity index (χ0n) is 7.12. The number of carboxylic acid groups (broad SMARTS) is 1. The van der Waals surface area contributed by atoms with E-state index in [-0.39, 0.29) is 7.43 Å². The summed E-state index contributed by atoms with van der Waals surface area (Å²) in [5, 5.41) is 12.0. The van der Waals surface area contributed by atoms with E-state index in [4.69, 9.17) is 16.7 Å². The third-order valence-corrected chi connectivity index (χ3v) is 1.81. The molecule has 0 saturated heterocycles. The van der Waals surface area contributed by atoms with Gasteiger partial charge in [0.2, 0.25) is 0 Å². The highest BCUT2D eigenvalue weighted by molar-refractivity contribution is 6.30. The van der Waals surface area contributed by atoms with Gasteiger partial charge in [0.25, 0.3) is 0 Å². The van der Waals surface area contributed by atoms with E-state index in [1.807, 2.05) is 0 Å². The molecule has 0 aliphatic heterocycles. The molecule has 0 amide bonds. The lowest BCUT2D eigenvalue weighted by Gasteiger charge is -2.10. The first-order chi connectivity index (χ1) is 6.09. The second-order valence-electron chi connectivity index (χ2n) is 2.71. The molecular weight excluding hydrogens is 202 g/mol. The number of nitrogens with one attached hydrogen (secondary N) is 1. The maximum Gasteiger partial charge on any atom is 0.325 e. The van der Waals surface area contributed by atoms with Crippen molar-refractivity contribution in [2.75, 3.05) is 5.32 Å². The first-order valence-corrected chi connectivity index (χ1v) is 4.22. The fraction of sp³-hybridized carbons (Fsp3) is 0.300. The van der Waals surface area contributed by atoms with Crippen LogP contribution in [0.1, 0.15) is 14.4 Å². The van der Waals surface area contributed by atoms with E-state index in [2.05, 4.69) is 5.32 Å². The summed E-state index contributed by atoms with van der Waals surface area (Å²) in [6.45, 7) is 1.57. The van der Waals surface area contributed by atoms with Crippen molar-refractivity contribution in [1.82, 2.24) is 0 Å². The van der Waals surface area contributed by atoms with Crippen molar-refractivity contribution in [3.8, 4) is 0 Å². The quantitative estimate of drug-likeness (QED) is 0.815. The van der Waals surface area contributed by atoms with Crippen molar-refractivity contribution in [2.24, 2.45) is 0 Å². The average Bonchev–Trinajstić information content (AvgIpc) is 2.04. The number of carbonyl (C=O) groups is 1. The van der Waals surface area contributed by atoms with Gasteiger partial charge in [0.15, 0.2) is 0 Å². The van der Waals surface area contributed by atoms with Gasteiger partial charge in [-0.15, -0.1) is 0 Å². The fourth-order valence-electron chi connectivity index (χ4n) is 0.890. The summed E-state index contributed by atoms with van der Waals surface area (Å²) in [5.41, 5.74) is 0.711. The van der Waals surface area contributed by atoms with Gasteiger partial charge < -0.3 is 10.4 Å². The maximum absolute atomic E-state index is 10.5. The summed E-state index contributed by atoms with van der Waals surface area (Å²) in [6, 6.07) is 6.34. The van der Waals surface area contributed by atoms with Crippen LogP contribution in [0.2, 0.25) is 5.02 Å². The average molecular weight is 216 g/mol. The molecule has 78 valence electrons. The topological polar surface area (TPSA) is 49.3 Å². The van der Waals surface area contributed by atoms with Crippen LogP contribution >= 0.6 is 11.6 Å². The molecule has 4 heteroatoms. The van der Waals surface area contributed by atoms with Crippen molar-refractivity contribution >= 4 is 23.3 Å². The Hall–Kier alpha value is -1.22. The Labute approximate surface area is 88.7 Å². The summed E-state index contributed by atoms with van der Waals surface area (Å²) in [6.07, 6.45) is 0. The summed E-state index contributed by atoms with van der Waals surface area (Å²) in [7, 11) is 0. The molecule has 0 saturated carbocycles. The molecule has 1 aromatic carbocycles. The first kappa shape index (κ1) is 12.8. The molecule has 0 fully saturated rings. The molecule has 1 atom stereocenters. The van der Waals surface area contributed by atoms with E-state index in [1.54, 1.807) is 31.2 Å².